The minimum Gasteiger partial charge on any atom is -0.484 e. The molecule has 0 heterocycles. The Kier molecular flexibility index (Phi) is 5.89. The Labute approximate surface area is 146 Å². The average molecular weight is 340 g/mol. The predicted octanol–water partition coefficient (Wildman–Crippen LogP) is 2.28. The summed E-state index contributed by atoms with van der Waals surface area (Å²) < 4.78 is 5.35. The minimum atomic E-state index is -0.708. The van der Waals surface area contributed by atoms with Crippen LogP contribution in [0.4, 0.5) is 5.69 Å². The smallest absolute Gasteiger partial charge is 0.296 e. The molecule has 2 aromatic carbocycles. The molecule has 0 unspecified atom stereocenters. The van der Waals surface area contributed by atoms with Gasteiger partial charge in [0.1, 0.15) is 5.75 Å². The SMILES string of the molecule is Cc1ccc(C(=O)C(=O)Nc2ccc(OCC(=O)N(C)C)cc2)cc1. The lowest BCUT2D eigenvalue weighted by molar-refractivity contribution is -0.130. The zero-order valence-electron chi connectivity index (χ0n) is 14.4. The molecule has 0 radical (unpaired) electrons. The Balaban J connectivity index is 1.94. The number of ketones is 1. The van der Waals surface area contributed by atoms with Gasteiger partial charge >= 0.3 is 0 Å². The first kappa shape index (κ1) is 18.2. The number of likely N-dealkylation sites (N-methyl/N-ethyl adjacent to an activating group) is 1. The van der Waals surface area contributed by atoms with E-state index in [9.17, 15) is 14.4 Å². The molecule has 25 heavy (non-hydrogen) atoms. The van der Waals surface area contributed by atoms with Crippen molar-refractivity contribution in [2.24, 2.45) is 0 Å². The van der Waals surface area contributed by atoms with Crippen molar-refractivity contribution in [2.75, 3.05) is 26.0 Å². The molecule has 0 saturated heterocycles. The van der Waals surface area contributed by atoms with Gasteiger partial charge in [0.15, 0.2) is 6.61 Å². The number of benzene rings is 2. The summed E-state index contributed by atoms with van der Waals surface area (Å²) in [6.07, 6.45) is 0. The van der Waals surface area contributed by atoms with Crippen LogP contribution in [0.3, 0.4) is 0 Å². The summed E-state index contributed by atoms with van der Waals surface area (Å²) in [5, 5.41) is 2.55. The van der Waals surface area contributed by atoms with E-state index < -0.39 is 11.7 Å². The first-order valence-electron chi connectivity index (χ1n) is 7.72. The molecule has 6 nitrogen and oxygen atoms in total. The fourth-order valence-corrected chi connectivity index (χ4v) is 1.93. The second kappa shape index (κ2) is 8.10. The third-order valence-corrected chi connectivity index (χ3v) is 3.49. The van der Waals surface area contributed by atoms with Gasteiger partial charge in [-0.15, -0.1) is 0 Å². The highest BCUT2D eigenvalue weighted by Crippen LogP contribution is 2.16. The third-order valence-electron chi connectivity index (χ3n) is 3.49. The van der Waals surface area contributed by atoms with Crippen molar-refractivity contribution in [3.05, 3.63) is 59.7 Å². The normalized spacial score (nSPS) is 10.0. The lowest BCUT2D eigenvalue weighted by atomic mass is 10.1. The Morgan fingerprint density at radius 1 is 0.960 bits per heavy atom. The molecule has 0 fully saturated rings. The van der Waals surface area contributed by atoms with Crippen LogP contribution in [0.5, 0.6) is 5.75 Å². The van der Waals surface area contributed by atoms with Crippen molar-refractivity contribution in [1.29, 1.82) is 0 Å². The maximum atomic E-state index is 12.1. The van der Waals surface area contributed by atoms with E-state index >= 15 is 0 Å². The van der Waals surface area contributed by atoms with E-state index in [1.54, 1.807) is 62.6 Å². The number of aryl methyl sites for hydroxylation is 1. The van der Waals surface area contributed by atoms with Gasteiger partial charge in [0.05, 0.1) is 0 Å². The van der Waals surface area contributed by atoms with E-state index in [1.165, 1.54) is 4.90 Å². The van der Waals surface area contributed by atoms with Crippen LogP contribution in [0.1, 0.15) is 15.9 Å². The highest BCUT2D eigenvalue weighted by molar-refractivity contribution is 6.46. The number of anilines is 1. The predicted molar refractivity (Wildman–Crippen MR) is 94.8 cm³/mol. The van der Waals surface area contributed by atoms with Gasteiger partial charge in [0, 0.05) is 25.3 Å². The number of carbonyl (C=O) groups is 3. The van der Waals surface area contributed by atoms with Crippen LogP contribution < -0.4 is 10.1 Å². The fraction of sp³-hybridized carbons (Fsp3) is 0.211. The summed E-state index contributed by atoms with van der Waals surface area (Å²) >= 11 is 0. The molecule has 130 valence electrons. The Bertz CT molecular complexity index is 765. The van der Waals surface area contributed by atoms with Crippen molar-refractivity contribution >= 4 is 23.3 Å². The topological polar surface area (TPSA) is 75.7 Å². The number of nitrogens with zero attached hydrogens (tertiary/aromatic N) is 1. The van der Waals surface area contributed by atoms with Crippen LogP contribution in [-0.2, 0) is 9.59 Å². The number of ether oxygens (including phenoxy) is 1. The second-order valence-corrected chi connectivity index (χ2v) is 5.75. The van der Waals surface area contributed by atoms with Gasteiger partial charge in [0.2, 0.25) is 0 Å². The van der Waals surface area contributed by atoms with Gasteiger partial charge < -0.3 is 15.0 Å². The molecule has 0 bridgehead atoms. The number of rotatable bonds is 6. The van der Waals surface area contributed by atoms with Crippen LogP contribution in [0, 0.1) is 6.92 Å². The van der Waals surface area contributed by atoms with Gasteiger partial charge in [-0.1, -0.05) is 29.8 Å². The number of nitrogens with one attached hydrogen (secondary N) is 1. The summed E-state index contributed by atoms with van der Waals surface area (Å²) in [6, 6.07) is 13.3. The lowest BCUT2D eigenvalue weighted by Gasteiger charge is -2.11. The summed E-state index contributed by atoms with van der Waals surface area (Å²) in [5.74, 6) is -0.962. The number of Topliss-reactive ketones (excluding diaryl/α,β-unsaturated/α-hetero) is 1. The Morgan fingerprint density at radius 3 is 2.12 bits per heavy atom. The van der Waals surface area contributed by atoms with Gasteiger partial charge in [-0.2, -0.15) is 0 Å². The number of carbonyl (C=O) groups excluding carboxylic acids is 3. The van der Waals surface area contributed by atoms with Crippen molar-refractivity contribution in [1.82, 2.24) is 4.90 Å². The minimum absolute atomic E-state index is 0.0649. The molecule has 0 aliphatic rings. The van der Waals surface area contributed by atoms with Gasteiger partial charge in [-0.3, -0.25) is 14.4 Å². The molecule has 2 amide bonds. The van der Waals surface area contributed by atoms with Gasteiger partial charge in [0.25, 0.3) is 17.6 Å². The summed E-state index contributed by atoms with van der Waals surface area (Å²) in [6.45, 7) is 1.84. The standard InChI is InChI=1S/C19H20N2O4/c1-13-4-6-14(7-5-13)18(23)19(24)20-15-8-10-16(11-9-15)25-12-17(22)21(2)3/h4-11H,12H2,1-3H3,(H,20,24). The molecule has 0 atom stereocenters. The van der Waals surface area contributed by atoms with E-state index in [0.29, 0.717) is 17.0 Å². The zero-order valence-corrected chi connectivity index (χ0v) is 14.4. The monoisotopic (exact) mass is 340 g/mol. The van der Waals surface area contributed by atoms with Crippen LogP contribution in [0.2, 0.25) is 0 Å². The quantitative estimate of drug-likeness (QED) is 0.647. The lowest BCUT2D eigenvalue weighted by Crippen LogP contribution is -2.27. The largest absolute Gasteiger partial charge is 0.484 e. The zero-order chi connectivity index (χ0) is 18.4. The summed E-state index contributed by atoms with van der Waals surface area (Å²) in [7, 11) is 3.30. The molecule has 1 N–H and O–H groups in total. The molecule has 0 aromatic heterocycles. The van der Waals surface area contributed by atoms with Crippen LogP contribution in [0.25, 0.3) is 0 Å². The highest BCUT2D eigenvalue weighted by Gasteiger charge is 2.16. The van der Waals surface area contributed by atoms with Crippen molar-refractivity contribution in [3.63, 3.8) is 0 Å². The van der Waals surface area contributed by atoms with E-state index in [4.69, 9.17) is 4.74 Å². The molecular formula is C19H20N2O4. The number of hydrogen-bond donors (Lipinski definition) is 1. The second-order valence-electron chi connectivity index (χ2n) is 5.75. The van der Waals surface area contributed by atoms with Crippen molar-refractivity contribution in [2.45, 2.75) is 6.92 Å². The first-order valence-corrected chi connectivity index (χ1v) is 7.72. The number of amides is 2. The van der Waals surface area contributed by atoms with E-state index in [0.717, 1.165) is 5.56 Å². The van der Waals surface area contributed by atoms with Crippen molar-refractivity contribution in [3.8, 4) is 5.75 Å². The Hall–Kier alpha value is -3.15. The van der Waals surface area contributed by atoms with Crippen LogP contribution >= 0.6 is 0 Å². The van der Waals surface area contributed by atoms with E-state index in [1.807, 2.05) is 6.92 Å². The molecule has 6 heteroatoms. The molecule has 0 aliphatic heterocycles. The Morgan fingerprint density at radius 2 is 1.56 bits per heavy atom. The average Bonchev–Trinajstić information content (AvgIpc) is 2.60. The molecule has 0 spiro atoms. The molecule has 0 saturated carbocycles. The van der Waals surface area contributed by atoms with Crippen LogP contribution in [0.15, 0.2) is 48.5 Å². The van der Waals surface area contributed by atoms with Gasteiger partial charge in [-0.25, -0.2) is 0 Å². The van der Waals surface area contributed by atoms with Crippen molar-refractivity contribution < 1.29 is 19.1 Å². The third kappa shape index (κ3) is 5.17. The molecular weight excluding hydrogens is 320 g/mol. The highest BCUT2D eigenvalue weighted by atomic mass is 16.5. The fourth-order valence-electron chi connectivity index (χ4n) is 1.93. The maximum absolute atomic E-state index is 12.1. The summed E-state index contributed by atoms with van der Waals surface area (Å²) in [4.78, 5) is 37.0. The van der Waals surface area contributed by atoms with E-state index in [2.05, 4.69) is 5.32 Å². The first-order chi connectivity index (χ1) is 11.9. The number of hydrogen-bond acceptors (Lipinski definition) is 4. The summed E-state index contributed by atoms with van der Waals surface area (Å²) in [5.41, 5.74) is 1.82. The molecule has 2 rings (SSSR count). The maximum Gasteiger partial charge on any atom is 0.296 e. The molecule has 2 aromatic rings. The molecule has 0 aliphatic carbocycles. The van der Waals surface area contributed by atoms with Crippen LogP contribution in [-0.4, -0.2) is 43.2 Å². The van der Waals surface area contributed by atoms with Gasteiger partial charge in [-0.05, 0) is 31.2 Å². The van der Waals surface area contributed by atoms with E-state index in [-0.39, 0.29) is 12.5 Å².